The summed E-state index contributed by atoms with van der Waals surface area (Å²) >= 11 is 0. The minimum atomic E-state index is -0.109. The van der Waals surface area contributed by atoms with Crippen LogP contribution < -0.4 is 20.1 Å². The summed E-state index contributed by atoms with van der Waals surface area (Å²) in [5, 5.41) is 11.9. The van der Waals surface area contributed by atoms with Gasteiger partial charge in [-0.15, -0.1) is 0 Å². The molecule has 1 aromatic heterocycles. The SMILES string of the molecule is O=C(NCC1CCNC1)c1ccc2nn(CC3COc4ccccc4O3)cc2c1. The summed E-state index contributed by atoms with van der Waals surface area (Å²) in [6.45, 7) is 3.79. The normalized spacial score (nSPS) is 20.7. The van der Waals surface area contributed by atoms with E-state index in [9.17, 15) is 4.79 Å². The predicted molar refractivity (Wildman–Crippen MR) is 109 cm³/mol. The van der Waals surface area contributed by atoms with Crippen molar-refractivity contribution in [3.63, 3.8) is 0 Å². The molecule has 7 heteroatoms. The van der Waals surface area contributed by atoms with Gasteiger partial charge in [0.1, 0.15) is 6.61 Å². The highest BCUT2D eigenvalue weighted by atomic mass is 16.6. The first-order valence-corrected chi connectivity index (χ1v) is 10.1. The van der Waals surface area contributed by atoms with Crippen molar-refractivity contribution in [2.24, 2.45) is 5.92 Å². The smallest absolute Gasteiger partial charge is 0.251 e. The average Bonchev–Trinajstić information content (AvgIpc) is 3.40. The number of carbonyl (C=O) groups excluding carboxylic acids is 1. The maximum Gasteiger partial charge on any atom is 0.251 e. The molecule has 3 aromatic rings. The van der Waals surface area contributed by atoms with Crippen LogP contribution in [0.15, 0.2) is 48.7 Å². The molecule has 7 nitrogen and oxygen atoms in total. The number of nitrogens with one attached hydrogen (secondary N) is 2. The quantitative estimate of drug-likeness (QED) is 0.696. The lowest BCUT2D eigenvalue weighted by Gasteiger charge is -2.26. The van der Waals surface area contributed by atoms with Crippen molar-refractivity contribution < 1.29 is 14.3 Å². The fourth-order valence-corrected chi connectivity index (χ4v) is 3.90. The Labute approximate surface area is 169 Å². The van der Waals surface area contributed by atoms with Gasteiger partial charge in [-0.2, -0.15) is 5.10 Å². The lowest BCUT2D eigenvalue weighted by molar-refractivity contribution is 0.0760. The van der Waals surface area contributed by atoms with E-state index in [2.05, 4.69) is 15.7 Å². The second kappa shape index (κ2) is 7.75. The Morgan fingerprint density at radius 2 is 2.14 bits per heavy atom. The Balaban J connectivity index is 1.25. The lowest BCUT2D eigenvalue weighted by atomic mass is 10.1. The Hall–Kier alpha value is -3.06. The van der Waals surface area contributed by atoms with Crippen molar-refractivity contribution in [3.8, 4) is 11.5 Å². The molecule has 2 N–H and O–H groups in total. The second-order valence-corrected chi connectivity index (χ2v) is 7.69. The maximum atomic E-state index is 12.5. The van der Waals surface area contributed by atoms with Crippen LogP contribution in [0.3, 0.4) is 0 Å². The monoisotopic (exact) mass is 392 g/mol. The van der Waals surface area contributed by atoms with Crippen molar-refractivity contribution >= 4 is 16.8 Å². The van der Waals surface area contributed by atoms with Crippen molar-refractivity contribution in [2.75, 3.05) is 26.2 Å². The van der Waals surface area contributed by atoms with Gasteiger partial charge < -0.3 is 20.1 Å². The van der Waals surface area contributed by atoms with E-state index in [1.54, 1.807) is 0 Å². The molecule has 150 valence electrons. The summed E-state index contributed by atoms with van der Waals surface area (Å²) in [4.78, 5) is 12.5. The number of benzene rings is 2. The second-order valence-electron chi connectivity index (χ2n) is 7.69. The maximum absolute atomic E-state index is 12.5. The third-order valence-corrected chi connectivity index (χ3v) is 5.49. The van der Waals surface area contributed by atoms with Crippen LogP contribution in [-0.2, 0) is 6.54 Å². The van der Waals surface area contributed by atoms with Crippen LogP contribution in [0.5, 0.6) is 11.5 Å². The third kappa shape index (κ3) is 3.91. The average molecular weight is 392 g/mol. The summed E-state index contributed by atoms with van der Waals surface area (Å²) in [5.41, 5.74) is 1.52. The number of hydrogen-bond acceptors (Lipinski definition) is 5. The molecule has 2 aromatic carbocycles. The molecule has 29 heavy (non-hydrogen) atoms. The minimum Gasteiger partial charge on any atom is -0.486 e. The van der Waals surface area contributed by atoms with Gasteiger partial charge in [-0.05, 0) is 55.8 Å². The number of rotatable bonds is 5. The Morgan fingerprint density at radius 1 is 1.24 bits per heavy atom. The van der Waals surface area contributed by atoms with Gasteiger partial charge in [-0.1, -0.05) is 12.1 Å². The molecule has 2 unspecified atom stereocenters. The Kier molecular flexibility index (Phi) is 4.81. The lowest BCUT2D eigenvalue weighted by Crippen LogP contribution is -2.33. The van der Waals surface area contributed by atoms with Crippen LogP contribution >= 0.6 is 0 Å². The van der Waals surface area contributed by atoms with Crippen LogP contribution in [-0.4, -0.2) is 48.0 Å². The fourth-order valence-electron chi connectivity index (χ4n) is 3.90. The van der Waals surface area contributed by atoms with Gasteiger partial charge in [0, 0.05) is 23.7 Å². The van der Waals surface area contributed by atoms with E-state index < -0.39 is 0 Å². The molecule has 3 heterocycles. The first-order valence-electron chi connectivity index (χ1n) is 10.1. The Bertz CT molecular complexity index is 1030. The molecule has 5 rings (SSSR count). The molecule has 0 spiro atoms. The highest BCUT2D eigenvalue weighted by molar-refractivity contribution is 5.97. The molecule has 0 aliphatic carbocycles. The molecule has 2 aliphatic heterocycles. The van der Waals surface area contributed by atoms with Gasteiger partial charge in [0.2, 0.25) is 0 Å². The van der Waals surface area contributed by atoms with Crippen molar-refractivity contribution in [1.29, 1.82) is 0 Å². The zero-order chi connectivity index (χ0) is 19.6. The standard InChI is InChI=1S/C22H24N4O3/c27-22(24-11-15-7-8-23-10-15)16-5-6-19-17(9-16)12-26(25-19)13-18-14-28-20-3-1-2-4-21(20)29-18/h1-6,9,12,15,18,23H,7-8,10-11,13-14H2,(H,24,27). The molecular formula is C22H24N4O3. The minimum absolute atomic E-state index is 0.0350. The molecule has 0 bridgehead atoms. The summed E-state index contributed by atoms with van der Waals surface area (Å²) < 4.78 is 13.7. The van der Waals surface area contributed by atoms with Crippen LogP contribution in [0, 0.1) is 5.92 Å². The number of carbonyl (C=O) groups is 1. The summed E-state index contributed by atoms with van der Waals surface area (Å²) in [5.74, 6) is 2.02. The predicted octanol–water partition coefficient (Wildman–Crippen LogP) is 2.22. The molecule has 2 atom stereocenters. The zero-order valence-electron chi connectivity index (χ0n) is 16.1. The third-order valence-electron chi connectivity index (χ3n) is 5.49. The van der Waals surface area contributed by atoms with E-state index in [1.165, 1.54) is 0 Å². The van der Waals surface area contributed by atoms with Crippen molar-refractivity contribution in [2.45, 2.75) is 19.1 Å². The molecular weight excluding hydrogens is 368 g/mol. The number of nitrogens with zero attached hydrogens (tertiary/aromatic N) is 2. The van der Waals surface area contributed by atoms with Gasteiger partial charge in [-0.25, -0.2) is 0 Å². The van der Waals surface area contributed by atoms with E-state index in [0.29, 0.717) is 31.2 Å². The molecule has 0 saturated carbocycles. The number of fused-ring (bicyclic) bond motifs is 2. The summed E-state index contributed by atoms with van der Waals surface area (Å²) in [6.07, 6.45) is 2.96. The topological polar surface area (TPSA) is 77.4 Å². The van der Waals surface area contributed by atoms with E-state index in [-0.39, 0.29) is 12.0 Å². The highest BCUT2D eigenvalue weighted by Crippen LogP contribution is 2.31. The molecule has 1 amide bonds. The van der Waals surface area contributed by atoms with Gasteiger partial charge in [-0.3, -0.25) is 9.48 Å². The van der Waals surface area contributed by atoms with Crippen LogP contribution in [0.1, 0.15) is 16.8 Å². The molecule has 1 saturated heterocycles. The number of hydrogen-bond donors (Lipinski definition) is 2. The van der Waals surface area contributed by atoms with E-state index in [1.807, 2.05) is 53.3 Å². The number of para-hydroxylation sites is 2. The summed E-state index contributed by atoms with van der Waals surface area (Å²) in [7, 11) is 0. The largest absolute Gasteiger partial charge is 0.486 e. The first-order chi connectivity index (χ1) is 14.2. The summed E-state index contributed by atoms with van der Waals surface area (Å²) in [6, 6.07) is 13.3. The molecule has 2 aliphatic rings. The fraction of sp³-hybridized carbons (Fsp3) is 0.364. The number of aromatic nitrogens is 2. The van der Waals surface area contributed by atoms with E-state index in [4.69, 9.17) is 9.47 Å². The van der Waals surface area contributed by atoms with Crippen LogP contribution in [0.4, 0.5) is 0 Å². The van der Waals surface area contributed by atoms with Gasteiger partial charge in [0.05, 0.1) is 12.1 Å². The Morgan fingerprint density at radius 3 is 3.00 bits per heavy atom. The number of amides is 1. The molecule has 1 fully saturated rings. The van der Waals surface area contributed by atoms with Crippen LogP contribution in [0.2, 0.25) is 0 Å². The zero-order valence-corrected chi connectivity index (χ0v) is 16.1. The van der Waals surface area contributed by atoms with E-state index in [0.717, 1.165) is 41.9 Å². The van der Waals surface area contributed by atoms with E-state index >= 15 is 0 Å². The molecule has 0 radical (unpaired) electrons. The highest BCUT2D eigenvalue weighted by Gasteiger charge is 2.21. The number of ether oxygens (including phenoxy) is 2. The van der Waals surface area contributed by atoms with Gasteiger partial charge >= 0.3 is 0 Å². The van der Waals surface area contributed by atoms with Crippen LogP contribution in [0.25, 0.3) is 10.9 Å². The van der Waals surface area contributed by atoms with Gasteiger partial charge in [0.15, 0.2) is 17.6 Å². The van der Waals surface area contributed by atoms with Gasteiger partial charge in [0.25, 0.3) is 5.91 Å². The van der Waals surface area contributed by atoms with Crippen molar-refractivity contribution in [1.82, 2.24) is 20.4 Å². The van der Waals surface area contributed by atoms with Crippen molar-refractivity contribution in [3.05, 3.63) is 54.2 Å². The first kappa shape index (κ1) is 18.0.